The number of hydrogen-bond acceptors (Lipinski definition) is 0. The van der Waals surface area contributed by atoms with Gasteiger partial charge in [0.2, 0.25) is 0 Å². The number of rotatable bonds is 0. The van der Waals surface area contributed by atoms with Gasteiger partial charge in [-0.1, -0.05) is 77.0 Å². The molecule has 4 fully saturated rings. The van der Waals surface area contributed by atoms with Crippen LogP contribution in [0.4, 0.5) is 0 Å². The minimum absolute atomic E-state index is 0. The first kappa shape index (κ1) is 32.6. The molecule has 0 bridgehead atoms. The summed E-state index contributed by atoms with van der Waals surface area (Å²) in [7, 11) is 0. The Bertz CT molecular complexity index is 142. The number of nitrogens with zero attached hydrogens (tertiary/aromatic N) is 4. The van der Waals surface area contributed by atoms with E-state index in [2.05, 4.69) is 21.3 Å². The van der Waals surface area contributed by atoms with Gasteiger partial charge in [-0.15, -0.1) is 52.4 Å². The van der Waals surface area contributed by atoms with Crippen LogP contribution in [0.15, 0.2) is 0 Å². The van der Waals surface area contributed by atoms with Crippen molar-refractivity contribution in [1.29, 1.82) is 0 Å². The van der Waals surface area contributed by atoms with Crippen molar-refractivity contribution in [3.8, 4) is 0 Å². The molecule has 4 aliphatic rings. The molecule has 170 valence electrons. The van der Waals surface area contributed by atoms with Crippen LogP contribution in [0, 0.1) is 0 Å². The summed E-state index contributed by atoms with van der Waals surface area (Å²) >= 11 is 0. The van der Waals surface area contributed by atoms with Gasteiger partial charge < -0.3 is 46.1 Å². The summed E-state index contributed by atoms with van der Waals surface area (Å²) in [5.74, 6) is 0. The van der Waals surface area contributed by atoms with Gasteiger partial charge in [-0.3, -0.25) is 0 Å². The van der Waals surface area contributed by atoms with Gasteiger partial charge in [0.1, 0.15) is 0 Å². The third-order valence-electron chi connectivity index (χ3n) is 4.53. The molecule has 0 aromatic heterocycles. The molecule has 4 heterocycles. The summed E-state index contributed by atoms with van der Waals surface area (Å²) in [4.78, 5) is 0. The van der Waals surface area contributed by atoms with Gasteiger partial charge in [-0.25, -0.2) is 0 Å². The fraction of sp³-hybridized carbons (Fsp3) is 1.00. The third kappa shape index (κ3) is 26.9. The molecule has 0 radical (unpaired) electrons. The molecule has 4 nitrogen and oxygen atoms in total. The summed E-state index contributed by atoms with van der Waals surface area (Å²) in [6.07, 6.45) is 16.3. The van der Waals surface area contributed by atoms with Gasteiger partial charge in [0.15, 0.2) is 0 Å². The molecule has 4 rings (SSSR count). The van der Waals surface area contributed by atoms with Crippen LogP contribution in [0.5, 0.6) is 0 Å². The van der Waals surface area contributed by atoms with Crippen molar-refractivity contribution < 1.29 is 41.3 Å². The van der Waals surface area contributed by atoms with Crippen molar-refractivity contribution in [2.75, 3.05) is 52.4 Å². The van der Waals surface area contributed by atoms with E-state index in [0.717, 1.165) is 52.4 Å². The average molecular weight is 466 g/mol. The second-order valence-electron chi connectivity index (χ2n) is 6.93. The Kier molecular flexibility index (Phi) is 35.1. The average Bonchev–Trinajstić information content (AvgIpc) is 2.75. The van der Waals surface area contributed by atoms with Crippen LogP contribution >= 0.6 is 0 Å². The Morgan fingerprint density at radius 3 is 0.444 bits per heavy atom. The first-order valence-electron chi connectivity index (χ1n) is 10.5. The van der Waals surface area contributed by atoms with Gasteiger partial charge in [-0.2, -0.15) is 0 Å². The summed E-state index contributed by atoms with van der Waals surface area (Å²) in [6.45, 7) is 9.00. The SMILES string of the molecule is C1CC[N-]CC1.C1CC[N-]CC1.C1CC[N-]CC1.C1CC[N-]CC1.[Cl-].[Cl-].[Ni]. The van der Waals surface area contributed by atoms with E-state index in [1.54, 1.807) is 0 Å². The van der Waals surface area contributed by atoms with E-state index in [0.29, 0.717) is 0 Å². The van der Waals surface area contributed by atoms with E-state index >= 15 is 0 Å². The predicted molar refractivity (Wildman–Crippen MR) is 108 cm³/mol. The minimum atomic E-state index is 0. The van der Waals surface area contributed by atoms with Crippen molar-refractivity contribution >= 4 is 0 Å². The third-order valence-corrected chi connectivity index (χ3v) is 4.53. The second kappa shape index (κ2) is 29.1. The van der Waals surface area contributed by atoms with E-state index in [1.165, 1.54) is 77.0 Å². The first-order valence-corrected chi connectivity index (χ1v) is 10.5. The topological polar surface area (TPSA) is 56.4 Å². The minimum Gasteiger partial charge on any atom is -1.00 e. The van der Waals surface area contributed by atoms with Crippen molar-refractivity contribution in [2.24, 2.45) is 0 Å². The molecule has 7 heteroatoms. The standard InChI is InChI=1S/4C5H10N.2ClH.Ni/c4*1-2-4-6-5-3-1;;;/h4*1-5H2;2*1H;/q4*-1;;;/p-2. The van der Waals surface area contributed by atoms with Crippen molar-refractivity contribution in [2.45, 2.75) is 77.0 Å². The molecule has 27 heavy (non-hydrogen) atoms. The molecule has 0 aliphatic carbocycles. The summed E-state index contributed by atoms with van der Waals surface area (Å²) in [6, 6.07) is 0. The van der Waals surface area contributed by atoms with E-state index in [4.69, 9.17) is 0 Å². The smallest absolute Gasteiger partial charge is 0 e. The molecule has 0 unspecified atom stereocenters. The number of halogens is 2. The largest absolute Gasteiger partial charge is 1.00 e. The zero-order chi connectivity index (χ0) is 17.0. The fourth-order valence-electron chi connectivity index (χ4n) is 2.94. The Morgan fingerprint density at radius 2 is 0.407 bits per heavy atom. The molecule has 0 spiro atoms. The number of piperidine rings is 4. The van der Waals surface area contributed by atoms with Crippen LogP contribution in [0.3, 0.4) is 0 Å². The van der Waals surface area contributed by atoms with Crippen LogP contribution in [0.1, 0.15) is 77.0 Å². The van der Waals surface area contributed by atoms with Gasteiger partial charge in [0.05, 0.1) is 0 Å². The molecule has 4 saturated heterocycles. The van der Waals surface area contributed by atoms with Crippen molar-refractivity contribution in [3.05, 3.63) is 21.3 Å². The van der Waals surface area contributed by atoms with Crippen LogP contribution < -0.4 is 24.8 Å². The van der Waals surface area contributed by atoms with Crippen molar-refractivity contribution in [3.63, 3.8) is 0 Å². The summed E-state index contributed by atoms with van der Waals surface area (Å²) in [5.41, 5.74) is 0. The molecular formula is C20H40Cl2N4Ni-6. The van der Waals surface area contributed by atoms with Crippen LogP contribution in [0.2, 0.25) is 0 Å². The van der Waals surface area contributed by atoms with Crippen LogP contribution in [-0.2, 0) is 16.5 Å². The maximum absolute atomic E-state index is 4.18. The Hall–Kier alpha value is 0.914. The normalized spacial score (nSPS) is 21.3. The van der Waals surface area contributed by atoms with E-state index in [9.17, 15) is 0 Å². The van der Waals surface area contributed by atoms with E-state index < -0.39 is 0 Å². The first-order chi connectivity index (χ1) is 12.0. The Labute approximate surface area is 191 Å². The monoisotopic (exact) mass is 464 g/mol. The molecule has 0 amide bonds. The Morgan fingerprint density at radius 1 is 0.259 bits per heavy atom. The van der Waals surface area contributed by atoms with Crippen LogP contribution in [-0.4, -0.2) is 52.4 Å². The van der Waals surface area contributed by atoms with Crippen LogP contribution in [0.25, 0.3) is 21.3 Å². The predicted octanol–water partition coefficient (Wildman–Crippen LogP) is 0.182. The molecule has 4 aliphatic heterocycles. The van der Waals surface area contributed by atoms with Gasteiger partial charge in [0.25, 0.3) is 0 Å². The van der Waals surface area contributed by atoms with Crippen molar-refractivity contribution in [1.82, 2.24) is 0 Å². The van der Waals surface area contributed by atoms with E-state index in [-0.39, 0.29) is 41.3 Å². The molecule has 0 atom stereocenters. The Balaban J connectivity index is -0.000000274. The maximum Gasteiger partial charge on any atom is 0 e. The molecule has 0 saturated carbocycles. The second-order valence-corrected chi connectivity index (χ2v) is 6.93. The number of hydrogen-bond donors (Lipinski definition) is 0. The fourth-order valence-corrected chi connectivity index (χ4v) is 2.94. The molecular weight excluding hydrogens is 426 g/mol. The quantitative estimate of drug-likeness (QED) is 0.458. The van der Waals surface area contributed by atoms with Gasteiger partial charge in [0, 0.05) is 16.5 Å². The summed E-state index contributed by atoms with van der Waals surface area (Å²) < 4.78 is 0. The van der Waals surface area contributed by atoms with E-state index in [1.807, 2.05) is 0 Å². The molecule has 0 N–H and O–H groups in total. The maximum atomic E-state index is 4.18. The summed E-state index contributed by atoms with van der Waals surface area (Å²) in [5, 5.41) is 16.7. The molecule has 0 aromatic carbocycles. The molecule has 0 aromatic rings. The zero-order valence-corrected chi connectivity index (χ0v) is 19.5. The van der Waals surface area contributed by atoms with Gasteiger partial charge in [-0.05, 0) is 0 Å². The van der Waals surface area contributed by atoms with Gasteiger partial charge >= 0.3 is 0 Å². The zero-order valence-electron chi connectivity index (χ0n) is 17.0.